The molecule has 1 saturated carbocycles. The van der Waals surface area contributed by atoms with Crippen LogP contribution in [0.25, 0.3) is 0 Å². The number of nitrogens with one attached hydrogen (secondary N) is 1. The summed E-state index contributed by atoms with van der Waals surface area (Å²) in [6.45, 7) is 0.154. The van der Waals surface area contributed by atoms with Crippen LogP contribution in [-0.2, 0) is 16.9 Å². The van der Waals surface area contributed by atoms with Gasteiger partial charge in [-0.3, -0.25) is 4.79 Å². The summed E-state index contributed by atoms with van der Waals surface area (Å²) < 4.78 is 1.42. The SMILES string of the molecule is O=C(Cn1cnnn1)NC1(c2ccccc2)CCC1. The van der Waals surface area contributed by atoms with Crippen molar-refractivity contribution in [3.63, 3.8) is 0 Å². The van der Waals surface area contributed by atoms with Gasteiger partial charge in [-0.15, -0.1) is 5.10 Å². The van der Waals surface area contributed by atoms with Crippen LogP contribution < -0.4 is 5.32 Å². The highest BCUT2D eigenvalue weighted by Crippen LogP contribution is 2.41. The smallest absolute Gasteiger partial charge is 0.242 e. The van der Waals surface area contributed by atoms with Crippen LogP contribution in [0.5, 0.6) is 0 Å². The Bertz CT molecular complexity index is 548. The van der Waals surface area contributed by atoms with E-state index < -0.39 is 0 Å². The van der Waals surface area contributed by atoms with Crippen molar-refractivity contribution in [1.29, 1.82) is 0 Å². The van der Waals surface area contributed by atoms with Gasteiger partial charge in [0, 0.05) is 0 Å². The maximum Gasteiger partial charge on any atom is 0.242 e. The van der Waals surface area contributed by atoms with Gasteiger partial charge in [-0.1, -0.05) is 30.3 Å². The van der Waals surface area contributed by atoms with Gasteiger partial charge in [-0.05, 0) is 35.3 Å². The van der Waals surface area contributed by atoms with E-state index in [1.807, 2.05) is 18.2 Å². The quantitative estimate of drug-likeness (QED) is 0.882. The molecular formula is C13H15N5O. The first kappa shape index (κ1) is 11.8. The Morgan fingerprint density at radius 2 is 2.11 bits per heavy atom. The number of rotatable bonds is 4. The first-order valence-corrected chi connectivity index (χ1v) is 6.36. The van der Waals surface area contributed by atoms with E-state index in [0.717, 1.165) is 19.3 Å². The zero-order valence-corrected chi connectivity index (χ0v) is 10.5. The van der Waals surface area contributed by atoms with Gasteiger partial charge in [0.25, 0.3) is 0 Å². The van der Waals surface area contributed by atoms with E-state index in [9.17, 15) is 4.79 Å². The highest BCUT2D eigenvalue weighted by Gasteiger charge is 2.39. The molecule has 98 valence electrons. The molecule has 19 heavy (non-hydrogen) atoms. The van der Waals surface area contributed by atoms with Gasteiger partial charge in [0.1, 0.15) is 12.9 Å². The second kappa shape index (κ2) is 4.79. The summed E-state index contributed by atoms with van der Waals surface area (Å²) in [6, 6.07) is 10.1. The second-order valence-corrected chi connectivity index (χ2v) is 4.86. The van der Waals surface area contributed by atoms with Crippen LogP contribution in [0.1, 0.15) is 24.8 Å². The van der Waals surface area contributed by atoms with Crippen molar-refractivity contribution in [1.82, 2.24) is 25.5 Å². The molecule has 0 atom stereocenters. The van der Waals surface area contributed by atoms with Gasteiger partial charge < -0.3 is 5.32 Å². The number of amides is 1. The minimum atomic E-state index is -0.202. The summed E-state index contributed by atoms with van der Waals surface area (Å²) in [5, 5.41) is 13.9. The molecule has 1 heterocycles. The zero-order valence-electron chi connectivity index (χ0n) is 10.5. The lowest BCUT2D eigenvalue weighted by atomic mass is 9.72. The summed E-state index contributed by atoms with van der Waals surface area (Å²) in [7, 11) is 0. The van der Waals surface area contributed by atoms with Crippen LogP contribution in [-0.4, -0.2) is 26.1 Å². The first-order chi connectivity index (χ1) is 9.28. The monoisotopic (exact) mass is 257 g/mol. The van der Waals surface area contributed by atoms with Crippen molar-refractivity contribution in [3.8, 4) is 0 Å². The molecule has 0 aliphatic heterocycles. The third-order valence-electron chi connectivity index (χ3n) is 3.61. The van der Waals surface area contributed by atoms with Gasteiger partial charge in [0.15, 0.2) is 0 Å². The summed E-state index contributed by atoms with van der Waals surface area (Å²) in [5.41, 5.74) is 0.970. The number of nitrogens with zero attached hydrogens (tertiary/aromatic N) is 4. The van der Waals surface area contributed by atoms with Crippen molar-refractivity contribution < 1.29 is 4.79 Å². The van der Waals surface area contributed by atoms with Crippen molar-refractivity contribution in [2.45, 2.75) is 31.3 Å². The number of hydrogen-bond acceptors (Lipinski definition) is 4. The van der Waals surface area contributed by atoms with E-state index in [1.165, 1.54) is 16.6 Å². The average Bonchev–Trinajstić information content (AvgIpc) is 2.88. The molecule has 2 aromatic rings. The maximum atomic E-state index is 12.1. The summed E-state index contributed by atoms with van der Waals surface area (Å²) in [5.74, 6) is -0.0594. The van der Waals surface area contributed by atoms with Crippen LogP contribution in [0.4, 0.5) is 0 Å². The minimum Gasteiger partial charge on any atom is -0.345 e. The van der Waals surface area contributed by atoms with Crippen molar-refractivity contribution >= 4 is 5.91 Å². The molecule has 6 heteroatoms. The molecule has 0 saturated heterocycles. The molecule has 0 bridgehead atoms. The predicted molar refractivity (Wildman–Crippen MR) is 67.9 cm³/mol. The highest BCUT2D eigenvalue weighted by molar-refractivity contribution is 5.77. The normalized spacial score (nSPS) is 16.6. The Morgan fingerprint density at radius 1 is 1.32 bits per heavy atom. The molecule has 1 aromatic heterocycles. The van der Waals surface area contributed by atoms with E-state index in [2.05, 4.69) is 33.0 Å². The van der Waals surface area contributed by atoms with E-state index in [-0.39, 0.29) is 18.0 Å². The number of tetrazole rings is 1. The third kappa shape index (κ3) is 2.33. The van der Waals surface area contributed by atoms with Crippen molar-refractivity contribution in [2.75, 3.05) is 0 Å². The molecule has 6 nitrogen and oxygen atoms in total. The Labute approximate surface area is 110 Å². The van der Waals surface area contributed by atoms with E-state index in [1.54, 1.807) is 0 Å². The number of benzene rings is 1. The molecular weight excluding hydrogens is 242 g/mol. The fourth-order valence-electron chi connectivity index (χ4n) is 2.48. The molecule has 1 amide bonds. The van der Waals surface area contributed by atoms with E-state index in [4.69, 9.17) is 0 Å². The highest BCUT2D eigenvalue weighted by atomic mass is 16.2. The van der Waals surface area contributed by atoms with Gasteiger partial charge in [-0.2, -0.15) is 0 Å². The van der Waals surface area contributed by atoms with Crippen molar-refractivity contribution in [2.24, 2.45) is 0 Å². The number of aromatic nitrogens is 4. The van der Waals surface area contributed by atoms with Gasteiger partial charge in [-0.25, -0.2) is 4.68 Å². The van der Waals surface area contributed by atoms with Crippen LogP contribution in [0.2, 0.25) is 0 Å². The summed E-state index contributed by atoms with van der Waals surface area (Å²) in [4.78, 5) is 12.1. The molecule has 3 rings (SSSR count). The summed E-state index contributed by atoms with van der Waals surface area (Å²) >= 11 is 0. The Hall–Kier alpha value is -2.24. The minimum absolute atomic E-state index is 0.0594. The van der Waals surface area contributed by atoms with Crippen LogP contribution in [0.15, 0.2) is 36.7 Å². The standard InChI is InChI=1S/C13H15N5O/c19-12(9-18-10-14-16-17-18)15-13(7-4-8-13)11-5-2-1-3-6-11/h1-3,5-6,10H,4,7-9H2,(H,15,19). The lowest BCUT2D eigenvalue weighted by Crippen LogP contribution is -2.51. The van der Waals surface area contributed by atoms with Crippen LogP contribution in [0, 0.1) is 0 Å². The van der Waals surface area contributed by atoms with Crippen LogP contribution in [0.3, 0.4) is 0 Å². The predicted octanol–water partition coefficient (Wildman–Crippen LogP) is 0.869. The first-order valence-electron chi connectivity index (χ1n) is 6.36. The molecule has 0 spiro atoms. The van der Waals surface area contributed by atoms with Crippen molar-refractivity contribution in [3.05, 3.63) is 42.2 Å². The maximum absolute atomic E-state index is 12.1. The lowest BCUT2D eigenvalue weighted by molar-refractivity contribution is -0.125. The van der Waals surface area contributed by atoms with Gasteiger partial charge in [0.2, 0.25) is 5.91 Å². The number of carbonyl (C=O) groups is 1. The molecule has 1 fully saturated rings. The molecule has 1 aliphatic rings. The third-order valence-corrected chi connectivity index (χ3v) is 3.61. The fraction of sp³-hybridized carbons (Fsp3) is 0.385. The lowest BCUT2D eigenvalue weighted by Gasteiger charge is -2.43. The Balaban J connectivity index is 1.72. The summed E-state index contributed by atoms with van der Waals surface area (Å²) in [6.07, 6.45) is 4.55. The topological polar surface area (TPSA) is 72.7 Å². The Morgan fingerprint density at radius 3 is 2.68 bits per heavy atom. The second-order valence-electron chi connectivity index (χ2n) is 4.86. The van der Waals surface area contributed by atoms with Gasteiger partial charge >= 0.3 is 0 Å². The largest absolute Gasteiger partial charge is 0.345 e. The number of carbonyl (C=O) groups excluding carboxylic acids is 1. The molecule has 1 aromatic carbocycles. The Kier molecular flexibility index (Phi) is 2.98. The average molecular weight is 257 g/mol. The zero-order chi connectivity index (χ0) is 13.1. The molecule has 1 aliphatic carbocycles. The fourth-order valence-corrected chi connectivity index (χ4v) is 2.48. The molecule has 0 radical (unpaired) electrons. The van der Waals surface area contributed by atoms with E-state index in [0.29, 0.717) is 0 Å². The number of hydrogen-bond donors (Lipinski definition) is 1. The van der Waals surface area contributed by atoms with E-state index >= 15 is 0 Å². The molecule has 0 unspecified atom stereocenters. The van der Waals surface area contributed by atoms with Crippen LogP contribution >= 0.6 is 0 Å². The van der Waals surface area contributed by atoms with Gasteiger partial charge in [0.05, 0.1) is 5.54 Å². The molecule has 1 N–H and O–H groups in total.